The van der Waals surface area contributed by atoms with E-state index in [0.717, 1.165) is 0 Å². The molecule has 3 nitrogen and oxygen atoms in total. The number of amides is 1. The molecule has 0 aromatic heterocycles. The van der Waals surface area contributed by atoms with Crippen molar-refractivity contribution in [3.8, 4) is 0 Å². The number of anilines is 1. The third kappa shape index (κ3) is 3.07. The number of benzene rings is 2. The molecule has 1 amide bonds. The van der Waals surface area contributed by atoms with Crippen molar-refractivity contribution in [1.29, 1.82) is 0 Å². The number of alkyl halides is 1. The molecule has 2 aromatic rings. The average Bonchev–Trinajstić information content (AvgIpc) is 2.40. The number of hydrogen-bond donors (Lipinski definition) is 2. The summed E-state index contributed by atoms with van der Waals surface area (Å²) < 4.78 is 0. The third-order valence-electron chi connectivity index (χ3n) is 2.56. The fourth-order valence-corrected chi connectivity index (χ4v) is 2.12. The van der Waals surface area contributed by atoms with Crippen LogP contribution in [0.1, 0.15) is 5.56 Å². The molecule has 1 atom stereocenters. The lowest BCUT2D eigenvalue weighted by molar-refractivity contribution is -0.127. The average molecular weight is 296 g/mol. The van der Waals surface area contributed by atoms with Gasteiger partial charge in [-0.3, -0.25) is 4.79 Å². The standard InChI is InChI=1S/C14H11Cl2NO2/c15-12-9-5-4-8-11(12)14(16,19)13(18)17-10-6-2-1-3-7-10/h1-9,19H,(H,17,18). The maximum absolute atomic E-state index is 12.0. The highest BCUT2D eigenvalue weighted by Gasteiger charge is 2.37. The lowest BCUT2D eigenvalue weighted by Gasteiger charge is -2.21. The van der Waals surface area contributed by atoms with Gasteiger partial charge in [-0.2, -0.15) is 0 Å². The van der Waals surface area contributed by atoms with Crippen molar-refractivity contribution in [2.24, 2.45) is 0 Å². The number of halogens is 2. The number of carbonyl (C=O) groups is 1. The fourth-order valence-electron chi connectivity index (χ4n) is 1.59. The van der Waals surface area contributed by atoms with Gasteiger partial charge in [0, 0.05) is 16.3 Å². The molecule has 0 aliphatic rings. The summed E-state index contributed by atoms with van der Waals surface area (Å²) in [6, 6.07) is 15.1. The van der Waals surface area contributed by atoms with E-state index in [9.17, 15) is 9.90 Å². The molecule has 0 aliphatic heterocycles. The van der Waals surface area contributed by atoms with Gasteiger partial charge >= 0.3 is 0 Å². The normalized spacial score (nSPS) is 13.6. The topological polar surface area (TPSA) is 49.3 Å². The lowest BCUT2D eigenvalue weighted by atomic mass is 10.1. The van der Waals surface area contributed by atoms with Crippen molar-refractivity contribution in [3.63, 3.8) is 0 Å². The van der Waals surface area contributed by atoms with Gasteiger partial charge in [0.25, 0.3) is 5.91 Å². The molecule has 0 saturated heterocycles. The quantitative estimate of drug-likeness (QED) is 0.853. The van der Waals surface area contributed by atoms with Crippen molar-refractivity contribution in [3.05, 3.63) is 65.2 Å². The van der Waals surface area contributed by atoms with E-state index in [1.54, 1.807) is 42.5 Å². The van der Waals surface area contributed by atoms with Crippen LogP contribution >= 0.6 is 23.2 Å². The van der Waals surface area contributed by atoms with Gasteiger partial charge in [-0.05, 0) is 18.2 Å². The number of para-hydroxylation sites is 1. The van der Waals surface area contributed by atoms with Crippen LogP contribution in [0.25, 0.3) is 0 Å². The molecular formula is C14H11Cl2NO2. The Morgan fingerprint density at radius 3 is 2.26 bits per heavy atom. The second kappa shape index (κ2) is 5.61. The Labute approximate surface area is 120 Å². The second-order valence-corrected chi connectivity index (χ2v) is 4.88. The number of hydrogen-bond acceptors (Lipinski definition) is 2. The number of nitrogens with one attached hydrogen (secondary N) is 1. The summed E-state index contributed by atoms with van der Waals surface area (Å²) in [4.78, 5) is 12.0. The Balaban J connectivity index is 2.25. The molecule has 2 N–H and O–H groups in total. The van der Waals surface area contributed by atoms with Crippen LogP contribution in [-0.2, 0) is 9.85 Å². The zero-order chi connectivity index (χ0) is 13.9. The molecule has 0 radical (unpaired) electrons. The molecule has 0 aliphatic carbocycles. The predicted octanol–water partition coefficient (Wildman–Crippen LogP) is 3.36. The van der Waals surface area contributed by atoms with Crippen LogP contribution < -0.4 is 5.32 Å². The number of aliphatic hydroxyl groups is 1. The molecule has 0 spiro atoms. The molecule has 2 rings (SSSR count). The van der Waals surface area contributed by atoms with Crippen molar-refractivity contribution in [1.82, 2.24) is 0 Å². The summed E-state index contributed by atoms with van der Waals surface area (Å²) in [5.74, 6) is -0.756. The van der Waals surface area contributed by atoms with E-state index in [2.05, 4.69) is 5.32 Å². The van der Waals surface area contributed by atoms with E-state index in [1.807, 2.05) is 6.07 Å². The van der Waals surface area contributed by atoms with E-state index in [-0.39, 0.29) is 10.6 Å². The maximum atomic E-state index is 12.0. The minimum absolute atomic E-state index is 0.145. The van der Waals surface area contributed by atoms with Crippen molar-refractivity contribution in [2.45, 2.75) is 5.06 Å². The first kappa shape index (κ1) is 13.9. The second-order valence-electron chi connectivity index (χ2n) is 3.92. The Kier molecular flexibility index (Phi) is 4.10. The van der Waals surface area contributed by atoms with E-state index in [4.69, 9.17) is 23.2 Å². The van der Waals surface area contributed by atoms with Crippen LogP contribution in [0.15, 0.2) is 54.6 Å². The highest BCUT2D eigenvalue weighted by Crippen LogP contribution is 2.32. The highest BCUT2D eigenvalue weighted by molar-refractivity contribution is 6.38. The van der Waals surface area contributed by atoms with Crippen LogP contribution in [0.2, 0.25) is 5.02 Å². The van der Waals surface area contributed by atoms with Crippen LogP contribution in [-0.4, -0.2) is 11.0 Å². The van der Waals surface area contributed by atoms with Crippen molar-refractivity contribution >= 4 is 34.8 Å². The van der Waals surface area contributed by atoms with Gasteiger partial charge in [-0.15, -0.1) is 0 Å². The number of rotatable bonds is 3. The molecular weight excluding hydrogens is 285 g/mol. The number of carbonyl (C=O) groups excluding carboxylic acids is 1. The molecule has 98 valence electrons. The van der Waals surface area contributed by atoms with Gasteiger partial charge in [0.05, 0.1) is 0 Å². The molecule has 0 heterocycles. The SMILES string of the molecule is O=C(Nc1ccccc1)C(O)(Cl)c1ccccc1Cl. The van der Waals surface area contributed by atoms with Crippen LogP contribution in [0.3, 0.4) is 0 Å². The van der Waals surface area contributed by atoms with Gasteiger partial charge < -0.3 is 10.4 Å². The van der Waals surface area contributed by atoms with Crippen LogP contribution in [0, 0.1) is 0 Å². The van der Waals surface area contributed by atoms with Gasteiger partial charge in [0.15, 0.2) is 0 Å². The first-order chi connectivity index (χ1) is 9.01. The molecule has 1 unspecified atom stereocenters. The zero-order valence-electron chi connectivity index (χ0n) is 9.81. The summed E-state index contributed by atoms with van der Waals surface area (Å²) in [6.07, 6.45) is 0. The summed E-state index contributed by atoms with van der Waals surface area (Å²) in [5, 5.41) is 10.7. The Hall–Kier alpha value is -1.55. The maximum Gasteiger partial charge on any atom is 0.277 e. The minimum atomic E-state index is -2.21. The highest BCUT2D eigenvalue weighted by atomic mass is 35.5. The molecule has 0 bridgehead atoms. The lowest BCUT2D eigenvalue weighted by Crippen LogP contribution is -2.35. The van der Waals surface area contributed by atoms with Crippen LogP contribution in [0.5, 0.6) is 0 Å². The van der Waals surface area contributed by atoms with Gasteiger partial charge in [0.1, 0.15) is 0 Å². The molecule has 0 fully saturated rings. The van der Waals surface area contributed by atoms with Gasteiger partial charge in [0.2, 0.25) is 5.06 Å². The van der Waals surface area contributed by atoms with Crippen molar-refractivity contribution in [2.75, 3.05) is 5.32 Å². The predicted molar refractivity (Wildman–Crippen MR) is 76.3 cm³/mol. The Bertz CT molecular complexity index is 585. The summed E-state index contributed by atoms with van der Waals surface area (Å²) >= 11 is 11.9. The van der Waals surface area contributed by atoms with E-state index in [0.29, 0.717) is 5.69 Å². The molecule has 0 saturated carbocycles. The van der Waals surface area contributed by atoms with E-state index < -0.39 is 11.0 Å². The first-order valence-corrected chi connectivity index (χ1v) is 6.30. The van der Waals surface area contributed by atoms with E-state index in [1.165, 1.54) is 6.07 Å². The molecule has 19 heavy (non-hydrogen) atoms. The van der Waals surface area contributed by atoms with Crippen LogP contribution in [0.4, 0.5) is 5.69 Å². The Morgan fingerprint density at radius 1 is 1.05 bits per heavy atom. The minimum Gasteiger partial charge on any atom is -0.364 e. The smallest absolute Gasteiger partial charge is 0.277 e. The monoisotopic (exact) mass is 295 g/mol. The summed E-state index contributed by atoms with van der Waals surface area (Å²) in [6.45, 7) is 0. The summed E-state index contributed by atoms with van der Waals surface area (Å²) in [7, 11) is 0. The van der Waals surface area contributed by atoms with Gasteiger partial charge in [-0.25, -0.2) is 0 Å². The molecule has 2 aromatic carbocycles. The zero-order valence-corrected chi connectivity index (χ0v) is 11.3. The third-order valence-corrected chi connectivity index (χ3v) is 3.27. The summed E-state index contributed by atoms with van der Waals surface area (Å²) in [5.41, 5.74) is 0.686. The van der Waals surface area contributed by atoms with Crippen molar-refractivity contribution < 1.29 is 9.90 Å². The van der Waals surface area contributed by atoms with E-state index >= 15 is 0 Å². The van der Waals surface area contributed by atoms with Gasteiger partial charge in [-0.1, -0.05) is 59.6 Å². The molecule has 5 heteroatoms. The largest absolute Gasteiger partial charge is 0.364 e. The first-order valence-electron chi connectivity index (χ1n) is 5.54. The fraction of sp³-hybridized carbons (Fsp3) is 0.0714. The Morgan fingerprint density at radius 2 is 1.63 bits per heavy atom.